The first kappa shape index (κ1) is 19.7. The van der Waals surface area contributed by atoms with E-state index in [4.69, 9.17) is 11.6 Å². The third kappa shape index (κ3) is 4.70. The summed E-state index contributed by atoms with van der Waals surface area (Å²) in [5.41, 5.74) is -1.16. The Morgan fingerprint density at radius 1 is 1.23 bits per heavy atom. The van der Waals surface area contributed by atoms with Gasteiger partial charge in [0.1, 0.15) is 5.02 Å². The average Bonchev–Trinajstić information content (AvgIpc) is 2.58. The smallest absolute Gasteiger partial charge is 0.387 e. The molecule has 2 aromatic rings. The Labute approximate surface area is 150 Å². The van der Waals surface area contributed by atoms with Crippen LogP contribution >= 0.6 is 11.6 Å². The second kappa shape index (κ2) is 7.71. The molecule has 0 aliphatic carbocycles. The van der Waals surface area contributed by atoms with E-state index >= 15 is 0 Å². The van der Waals surface area contributed by atoms with Crippen molar-refractivity contribution < 1.29 is 28.0 Å². The van der Waals surface area contributed by atoms with Crippen molar-refractivity contribution in [3.63, 3.8) is 0 Å². The zero-order chi connectivity index (χ0) is 19.5. The van der Waals surface area contributed by atoms with Gasteiger partial charge >= 0.3 is 6.18 Å². The largest absolute Gasteiger partial charge is 0.416 e. The SMILES string of the molecule is O=C(NCC(O)c1ccc(C(F)(F)F)cc1)c1ccc(Cl)c([N+](=O)[O-])c1. The molecule has 6 nitrogen and oxygen atoms in total. The van der Waals surface area contributed by atoms with Crippen molar-refractivity contribution in [1.82, 2.24) is 5.32 Å². The minimum atomic E-state index is -4.49. The Hall–Kier alpha value is -2.65. The van der Waals surface area contributed by atoms with E-state index in [1.807, 2.05) is 0 Å². The third-order valence-corrected chi connectivity index (χ3v) is 3.80. The number of hydrogen-bond acceptors (Lipinski definition) is 4. The van der Waals surface area contributed by atoms with Gasteiger partial charge in [0, 0.05) is 18.2 Å². The highest BCUT2D eigenvalue weighted by Crippen LogP contribution is 2.30. The maximum Gasteiger partial charge on any atom is 0.416 e. The summed E-state index contributed by atoms with van der Waals surface area (Å²) in [7, 11) is 0. The van der Waals surface area contributed by atoms with E-state index in [0.29, 0.717) is 0 Å². The topological polar surface area (TPSA) is 92.5 Å². The quantitative estimate of drug-likeness (QED) is 0.603. The number of nitrogens with zero attached hydrogens (tertiary/aromatic N) is 1. The minimum Gasteiger partial charge on any atom is -0.387 e. The molecule has 138 valence electrons. The highest BCUT2D eigenvalue weighted by Gasteiger charge is 2.30. The molecule has 0 saturated heterocycles. The van der Waals surface area contributed by atoms with Crippen molar-refractivity contribution in [1.29, 1.82) is 0 Å². The van der Waals surface area contributed by atoms with Gasteiger partial charge in [-0.05, 0) is 29.8 Å². The van der Waals surface area contributed by atoms with E-state index in [0.717, 1.165) is 30.3 Å². The van der Waals surface area contributed by atoms with Crippen molar-refractivity contribution >= 4 is 23.2 Å². The number of aliphatic hydroxyl groups is 1. The zero-order valence-corrected chi connectivity index (χ0v) is 13.7. The summed E-state index contributed by atoms with van der Waals surface area (Å²) >= 11 is 5.65. The number of amides is 1. The standard InChI is InChI=1S/C16H12ClF3N2O4/c17-12-6-3-10(7-13(12)22(25)26)15(24)21-8-14(23)9-1-4-11(5-2-9)16(18,19)20/h1-7,14,23H,8H2,(H,21,24). The van der Waals surface area contributed by atoms with Crippen LogP contribution in [0.25, 0.3) is 0 Å². The lowest BCUT2D eigenvalue weighted by Crippen LogP contribution is -2.28. The first-order valence-corrected chi connectivity index (χ1v) is 7.54. The molecule has 0 spiro atoms. The van der Waals surface area contributed by atoms with Gasteiger partial charge < -0.3 is 10.4 Å². The van der Waals surface area contributed by atoms with Crippen LogP contribution < -0.4 is 5.32 Å². The Balaban J connectivity index is 2.03. The molecule has 0 saturated carbocycles. The molecule has 0 heterocycles. The number of nitro groups is 1. The second-order valence-electron chi connectivity index (χ2n) is 5.27. The number of aliphatic hydroxyl groups excluding tert-OH is 1. The highest BCUT2D eigenvalue weighted by molar-refractivity contribution is 6.32. The number of halogens is 4. The van der Waals surface area contributed by atoms with Crippen molar-refractivity contribution in [2.24, 2.45) is 0 Å². The van der Waals surface area contributed by atoms with Gasteiger partial charge in [0.25, 0.3) is 11.6 Å². The molecule has 10 heteroatoms. The molecule has 2 N–H and O–H groups in total. The Bertz CT molecular complexity index is 825. The van der Waals surface area contributed by atoms with Crippen LogP contribution in [0.15, 0.2) is 42.5 Å². The minimum absolute atomic E-state index is 0.0410. The lowest BCUT2D eigenvalue weighted by molar-refractivity contribution is -0.384. The maximum atomic E-state index is 12.5. The number of hydrogen-bond donors (Lipinski definition) is 2. The van der Waals surface area contributed by atoms with Gasteiger partial charge in [-0.1, -0.05) is 23.7 Å². The molecule has 0 radical (unpaired) electrons. The van der Waals surface area contributed by atoms with Crippen LogP contribution in [-0.2, 0) is 6.18 Å². The Morgan fingerprint density at radius 2 is 1.85 bits per heavy atom. The number of benzene rings is 2. The highest BCUT2D eigenvalue weighted by atomic mass is 35.5. The van der Waals surface area contributed by atoms with Gasteiger partial charge in [0.05, 0.1) is 16.6 Å². The number of alkyl halides is 3. The molecule has 2 rings (SSSR count). The number of rotatable bonds is 5. The van der Waals surface area contributed by atoms with Gasteiger partial charge in [0.15, 0.2) is 0 Å². The first-order chi connectivity index (χ1) is 12.1. The molecule has 0 bridgehead atoms. The summed E-state index contributed by atoms with van der Waals surface area (Å²) in [6, 6.07) is 7.31. The predicted molar refractivity (Wildman–Crippen MR) is 86.8 cm³/mol. The van der Waals surface area contributed by atoms with E-state index in [9.17, 15) is 33.2 Å². The average molecular weight is 389 g/mol. The molecule has 1 unspecified atom stereocenters. The lowest BCUT2D eigenvalue weighted by Gasteiger charge is -2.14. The van der Waals surface area contributed by atoms with Gasteiger partial charge in [-0.3, -0.25) is 14.9 Å². The fraction of sp³-hybridized carbons (Fsp3) is 0.188. The van der Waals surface area contributed by atoms with E-state index in [2.05, 4.69) is 5.32 Å². The Morgan fingerprint density at radius 3 is 2.38 bits per heavy atom. The predicted octanol–water partition coefficient (Wildman–Crippen LogP) is 3.73. The maximum absolute atomic E-state index is 12.5. The van der Waals surface area contributed by atoms with Crippen LogP contribution in [0.2, 0.25) is 5.02 Å². The van der Waals surface area contributed by atoms with Crippen LogP contribution in [0, 0.1) is 10.1 Å². The van der Waals surface area contributed by atoms with Crippen molar-refractivity contribution in [2.75, 3.05) is 6.54 Å². The fourth-order valence-electron chi connectivity index (χ4n) is 2.10. The number of nitrogens with one attached hydrogen (secondary N) is 1. The molecule has 1 amide bonds. The molecule has 2 aromatic carbocycles. The molecule has 1 atom stereocenters. The summed E-state index contributed by atoms with van der Waals surface area (Å²) < 4.78 is 37.5. The summed E-state index contributed by atoms with van der Waals surface area (Å²) in [6.45, 7) is -0.291. The second-order valence-corrected chi connectivity index (χ2v) is 5.68. The normalized spacial score (nSPS) is 12.5. The number of nitro benzene ring substituents is 1. The molecule has 0 fully saturated rings. The van der Waals surface area contributed by atoms with E-state index < -0.39 is 34.4 Å². The molecular formula is C16H12ClF3N2O4. The van der Waals surface area contributed by atoms with Crippen molar-refractivity contribution in [3.05, 3.63) is 74.3 Å². The number of carbonyl (C=O) groups is 1. The molecule has 0 aliphatic heterocycles. The summed E-state index contributed by atoms with van der Waals surface area (Å²) in [5.74, 6) is -0.698. The van der Waals surface area contributed by atoms with Crippen LogP contribution in [-0.4, -0.2) is 22.5 Å². The fourth-order valence-corrected chi connectivity index (χ4v) is 2.28. The molecular weight excluding hydrogens is 377 g/mol. The van der Waals surface area contributed by atoms with Crippen molar-refractivity contribution in [3.8, 4) is 0 Å². The third-order valence-electron chi connectivity index (χ3n) is 3.48. The molecule has 26 heavy (non-hydrogen) atoms. The summed E-state index contributed by atoms with van der Waals surface area (Å²) in [4.78, 5) is 22.1. The van der Waals surface area contributed by atoms with Gasteiger partial charge in [-0.2, -0.15) is 13.2 Å². The van der Waals surface area contributed by atoms with Crippen LogP contribution in [0.5, 0.6) is 0 Å². The van der Waals surface area contributed by atoms with E-state index in [1.165, 1.54) is 12.1 Å². The van der Waals surface area contributed by atoms with Crippen LogP contribution in [0.4, 0.5) is 18.9 Å². The van der Waals surface area contributed by atoms with Crippen molar-refractivity contribution in [2.45, 2.75) is 12.3 Å². The van der Waals surface area contributed by atoms with E-state index in [1.54, 1.807) is 0 Å². The van der Waals surface area contributed by atoms with Crippen LogP contribution in [0.3, 0.4) is 0 Å². The van der Waals surface area contributed by atoms with E-state index in [-0.39, 0.29) is 22.7 Å². The van der Waals surface area contributed by atoms with Crippen LogP contribution in [0.1, 0.15) is 27.6 Å². The first-order valence-electron chi connectivity index (χ1n) is 7.17. The summed E-state index contributed by atoms with van der Waals surface area (Å²) in [5, 5.41) is 23.0. The van der Waals surface area contributed by atoms with Gasteiger partial charge in [-0.15, -0.1) is 0 Å². The molecule has 0 aliphatic rings. The van der Waals surface area contributed by atoms with Gasteiger partial charge in [-0.25, -0.2) is 0 Å². The summed E-state index contributed by atoms with van der Waals surface area (Å²) in [6.07, 6.45) is -5.73. The van der Waals surface area contributed by atoms with Gasteiger partial charge in [0.2, 0.25) is 0 Å². The zero-order valence-electron chi connectivity index (χ0n) is 13.0. The molecule has 0 aromatic heterocycles. The lowest BCUT2D eigenvalue weighted by atomic mass is 10.1. The number of carbonyl (C=O) groups excluding carboxylic acids is 1. The Kier molecular flexibility index (Phi) is 5.83. The monoisotopic (exact) mass is 388 g/mol.